The Morgan fingerprint density at radius 3 is 2.83 bits per heavy atom. The average Bonchev–Trinajstić information content (AvgIpc) is 2.89. The predicted octanol–water partition coefficient (Wildman–Crippen LogP) is 1.87. The third-order valence-electron chi connectivity index (χ3n) is 2.19. The Morgan fingerprint density at radius 2 is 2.17 bits per heavy atom. The van der Waals surface area contributed by atoms with Gasteiger partial charge >= 0.3 is 0 Å². The molecule has 0 spiro atoms. The molecular formula is C12H12BrN3O2. The number of aromatic nitrogens is 2. The lowest BCUT2D eigenvalue weighted by Gasteiger charge is -2.06. The summed E-state index contributed by atoms with van der Waals surface area (Å²) in [6, 6.07) is 7.31. The van der Waals surface area contributed by atoms with E-state index in [0.717, 1.165) is 4.47 Å². The van der Waals surface area contributed by atoms with Crippen LogP contribution in [0.4, 0.5) is 0 Å². The number of amides is 1. The summed E-state index contributed by atoms with van der Waals surface area (Å²) in [7, 11) is 0. The number of benzene rings is 1. The third kappa shape index (κ3) is 3.89. The van der Waals surface area contributed by atoms with Gasteiger partial charge in [-0.3, -0.25) is 4.79 Å². The highest BCUT2D eigenvalue weighted by Gasteiger charge is 2.03. The van der Waals surface area contributed by atoms with Crippen molar-refractivity contribution in [2.45, 2.75) is 6.54 Å². The van der Waals surface area contributed by atoms with Crippen LogP contribution in [0, 0.1) is 0 Å². The van der Waals surface area contributed by atoms with Gasteiger partial charge in [0.15, 0.2) is 6.61 Å². The Labute approximate surface area is 113 Å². The van der Waals surface area contributed by atoms with E-state index in [9.17, 15) is 4.79 Å². The summed E-state index contributed by atoms with van der Waals surface area (Å²) in [5.41, 5.74) is 0. The second-order valence-corrected chi connectivity index (χ2v) is 4.47. The number of hydrogen-bond donors (Lipinski definition) is 2. The van der Waals surface area contributed by atoms with Crippen molar-refractivity contribution < 1.29 is 9.53 Å². The maximum Gasteiger partial charge on any atom is 0.258 e. The number of carbonyl (C=O) groups is 1. The van der Waals surface area contributed by atoms with Gasteiger partial charge < -0.3 is 15.0 Å². The fourth-order valence-corrected chi connectivity index (χ4v) is 1.57. The highest BCUT2D eigenvalue weighted by Crippen LogP contribution is 2.15. The zero-order valence-electron chi connectivity index (χ0n) is 9.52. The lowest BCUT2D eigenvalue weighted by Crippen LogP contribution is -2.28. The summed E-state index contributed by atoms with van der Waals surface area (Å²) < 4.78 is 6.30. The summed E-state index contributed by atoms with van der Waals surface area (Å²) in [4.78, 5) is 18.4. The molecule has 94 valence electrons. The number of carbonyl (C=O) groups excluding carboxylic acids is 1. The van der Waals surface area contributed by atoms with Crippen LogP contribution in [0.2, 0.25) is 0 Å². The van der Waals surface area contributed by atoms with Crippen molar-refractivity contribution in [3.63, 3.8) is 0 Å². The number of halogens is 1. The number of rotatable bonds is 5. The van der Waals surface area contributed by atoms with Crippen molar-refractivity contribution in [1.29, 1.82) is 0 Å². The van der Waals surface area contributed by atoms with Crippen LogP contribution in [0.3, 0.4) is 0 Å². The molecule has 2 N–H and O–H groups in total. The Hall–Kier alpha value is -1.82. The third-order valence-corrected chi connectivity index (χ3v) is 2.72. The normalized spacial score (nSPS) is 10.1. The van der Waals surface area contributed by atoms with Crippen LogP contribution in [-0.2, 0) is 11.3 Å². The molecule has 2 rings (SSSR count). The maximum atomic E-state index is 11.5. The fraction of sp³-hybridized carbons (Fsp3) is 0.167. The van der Waals surface area contributed by atoms with Crippen LogP contribution in [0.1, 0.15) is 5.82 Å². The topological polar surface area (TPSA) is 67.0 Å². The predicted molar refractivity (Wildman–Crippen MR) is 70.1 cm³/mol. The number of aromatic amines is 1. The molecular weight excluding hydrogens is 298 g/mol. The quantitative estimate of drug-likeness (QED) is 0.886. The van der Waals surface area contributed by atoms with E-state index in [4.69, 9.17) is 4.74 Å². The van der Waals surface area contributed by atoms with Gasteiger partial charge in [0.1, 0.15) is 11.6 Å². The molecule has 1 amide bonds. The number of hydrogen-bond acceptors (Lipinski definition) is 3. The van der Waals surface area contributed by atoms with Gasteiger partial charge in [0, 0.05) is 16.9 Å². The van der Waals surface area contributed by atoms with Crippen LogP contribution in [-0.4, -0.2) is 22.5 Å². The standard InChI is InChI=1S/C12H12BrN3O2/c13-9-1-3-10(4-2-9)18-8-12(17)16-7-11-14-5-6-15-11/h1-6H,7-8H2,(H,14,15)(H,16,17). The summed E-state index contributed by atoms with van der Waals surface area (Å²) >= 11 is 3.33. The van der Waals surface area contributed by atoms with E-state index in [-0.39, 0.29) is 12.5 Å². The van der Waals surface area contributed by atoms with E-state index < -0.39 is 0 Å². The molecule has 0 bridgehead atoms. The fourth-order valence-electron chi connectivity index (χ4n) is 1.31. The van der Waals surface area contributed by atoms with E-state index in [2.05, 4.69) is 31.2 Å². The van der Waals surface area contributed by atoms with Crippen LogP contribution < -0.4 is 10.1 Å². The summed E-state index contributed by atoms with van der Waals surface area (Å²) in [5.74, 6) is 1.19. The molecule has 0 saturated heterocycles. The first-order valence-corrected chi connectivity index (χ1v) is 6.16. The number of nitrogens with one attached hydrogen (secondary N) is 2. The van der Waals surface area contributed by atoms with Gasteiger partial charge in [0.25, 0.3) is 5.91 Å². The first-order valence-electron chi connectivity index (χ1n) is 5.37. The molecule has 1 aromatic carbocycles. The van der Waals surface area contributed by atoms with E-state index in [1.54, 1.807) is 24.5 Å². The molecule has 0 atom stereocenters. The van der Waals surface area contributed by atoms with E-state index in [1.807, 2.05) is 12.1 Å². The highest BCUT2D eigenvalue weighted by molar-refractivity contribution is 9.10. The Kier molecular flexibility index (Phi) is 4.35. The molecule has 0 aliphatic rings. The SMILES string of the molecule is O=C(COc1ccc(Br)cc1)NCc1ncc[nH]1. The van der Waals surface area contributed by atoms with Crippen molar-refractivity contribution in [2.24, 2.45) is 0 Å². The van der Waals surface area contributed by atoms with E-state index in [0.29, 0.717) is 18.1 Å². The van der Waals surface area contributed by atoms with Crippen LogP contribution in [0.25, 0.3) is 0 Å². The Morgan fingerprint density at radius 1 is 1.39 bits per heavy atom. The highest BCUT2D eigenvalue weighted by atomic mass is 79.9. The van der Waals surface area contributed by atoms with Gasteiger partial charge in [-0.1, -0.05) is 15.9 Å². The van der Waals surface area contributed by atoms with Gasteiger partial charge in [0.2, 0.25) is 0 Å². The second-order valence-electron chi connectivity index (χ2n) is 3.56. The lowest BCUT2D eigenvalue weighted by molar-refractivity contribution is -0.123. The molecule has 0 unspecified atom stereocenters. The van der Waals surface area contributed by atoms with Crippen molar-refractivity contribution in [3.05, 3.63) is 47.0 Å². The number of imidazole rings is 1. The minimum Gasteiger partial charge on any atom is -0.484 e. The second kappa shape index (κ2) is 6.20. The van der Waals surface area contributed by atoms with E-state index >= 15 is 0 Å². The Bertz CT molecular complexity index is 497. The number of nitrogens with zero attached hydrogens (tertiary/aromatic N) is 1. The van der Waals surface area contributed by atoms with Crippen molar-refractivity contribution >= 4 is 21.8 Å². The molecule has 1 aromatic heterocycles. The van der Waals surface area contributed by atoms with Crippen LogP contribution in [0.5, 0.6) is 5.75 Å². The van der Waals surface area contributed by atoms with Crippen molar-refractivity contribution in [2.75, 3.05) is 6.61 Å². The molecule has 0 aliphatic heterocycles. The smallest absolute Gasteiger partial charge is 0.258 e. The lowest BCUT2D eigenvalue weighted by atomic mass is 10.3. The van der Waals surface area contributed by atoms with Gasteiger partial charge in [-0.25, -0.2) is 4.98 Å². The molecule has 0 fully saturated rings. The van der Waals surface area contributed by atoms with Gasteiger partial charge in [-0.15, -0.1) is 0 Å². The number of H-pyrrole nitrogens is 1. The zero-order valence-corrected chi connectivity index (χ0v) is 11.1. The summed E-state index contributed by atoms with van der Waals surface area (Å²) in [5, 5.41) is 2.70. The molecule has 6 heteroatoms. The van der Waals surface area contributed by atoms with Gasteiger partial charge in [0.05, 0.1) is 6.54 Å². The first-order chi connectivity index (χ1) is 8.74. The summed E-state index contributed by atoms with van der Waals surface area (Å²) in [6.45, 7) is 0.359. The van der Waals surface area contributed by atoms with E-state index in [1.165, 1.54) is 0 Å². The largest absolute Gasteiger partial charge is 0.484 e. The minimum atomic E-state index is -0.186. The molecule has 1 heterocycles. The van der Waals surface area contributed by atoms with Gasteiger partial charge in [-0.05, 0) is 24.3 Å². The molecule has 18 heavy (non-hydrogen) atoms. The maximum absolute atomic E-state index is 11.5. The van der Waals surface area contributed by atoms with Crippen molar-refractivity contribution in [1.82, 2.24) is 15.3 Å². The molecule has 0 saturated carbocycles. The first kappa shape index (κ1) is 12.6. The van der Waals surface area contributed by atoms with Gasteiger partial charge in [-0.2, -0.15) is 0 Å². The average molecular weight is 310 g/mol. The molecule has 5 nitrogen and oxygen atoms in total. The molecule has 0 radical (unpaired) electrons. The summed E-state index contributed by atoms with van der Waals surface area (Å²) in [6.07, 6.45) is 3.35. The number of ether oxygens (including phenoxy) is 1. The van der Waals surface area contributed by atoms with Crippen LogP contribution >= 0.6 is 15.9 Å². The monoisotopic (exact) mass is 309 g/mol. The van der Waals surface area contributed by atoms with Crippen molar-refractivity contribution in [3.8, 4) is 5.75 Å². The Balaban J connectivity index is 1.73. The molecule has 0 aliphatic carbocycles. The minimum absolute atomic E-state index is 0.0116. The zero-order chi connectivity index (χ0) is 12.8. The van der Waals surface area contributed by atoms with Crippen LogP contribution in [0.15, 0.2) is 41.1 Å². The molecule has 2 aromatic rings.